The minimum absolute atomic E-state index is 0.424. The summed E-state index contributed by atoms with van der Waals surface area (Å²) in [5.41, 5.74) is 3.17. The molecular weight excluding hydrogens is 254 g/mol. The number of fused-ring (bicyclic) bond motifs is 1. The van der Waals surface area contributed by atoms with Crippen LogP contribution in [0.3, 0.4) is 0 Å². The van der Waals surface area contributed by atoms with E-state index in [2.05, 4.69) is 21.6 Å². The van der Waals surface area contributed by atoms with Crippen LogP contribution in [0.25, 0.3) is 10.9 Å². The molecule has 0 unspecified atom stereocenters. The second kappa shape index (κ2) is 6.02. The summed E-state index contributed by atoms with van der Waals surface area (Å²) >= 11 is 0. The summed E-state index contributed by atoms with van der Waals surface area (Å²) in [5.74, 6) is 6.19. The third-order valence-electron chi connectivity index (χ3n) is 4.19. The molecule has 102 valence electrons. The molecule has 0 spiro atoms. The van der Waals surface area contributed by atoms with Crippen molar-refractivity contribution in [3.63, 3.8) is 0 Å². The minimum atomic E-state index is 0.424. The van der Waals surface area contributed by atoms with Gasteiger partial charge in [0.25, 0.3) is 0 Å². The van der Waals surface area contributed by atoms with E-state index < -0.39 is 0 Å². The first kappa shape index (κ1) is 14.3. The zero-order valence-electron chi connectivity index (χ0n) is 12.5. The van der Waals surface area contributed by atoms with Gasteiger partial charge in [-0.3, -0.25) is 4.68 Å². The summed E-state index contributed by atoms with van der Waals surface area (Å²) in [6.07, 6.45) is 6.98. The van der Waals surface area contributed by atoms with E-state index in [9.17, 15) is 0 Å². The molecule has 2 aromatic rings. The molecule has 21 heavy (non-hydrogen) atoms. The number of hydrogen-bond donors (Lipinski definition) is 0. The van der Waals surface area contributed by atoms with Crippen molar-refractivity contribution in [1.82, 2.24) is 9.78 Å². The lowest BCUT2D eigenvalue weighted by atomic mass is 9.88. The van der Waals surface area contributed by atoms with Gasteiger partial charge < -0.3 is 0 Å². The van der Waals surface area contributed by atoms with Crippen LogP contribution in [-0.2, 0) is 0 Å². The van der Waals surface area contributed by atoms with Crippen LogP contribution in [0, 0.1) is 11.8 Å². The van der Waals surface area contributed by atoms with E-state index in [1.54, 1.807) is 0 Å². The molecule has 3 rings (SSSR count). The first-order valence-corrected chi connectivity index (χ1v) is 7.76. The fourth-order valence-corrected chi connectivity index (χ4v) is 3.18. The topological polar surface area (TPSA) is 17.8 Å². The predicted molar refractivity (Wildman–Crippen MR) is 89.8 cm³/mol. The Kier molecular flexibility index (Phi) is 4.10. The Morgan fingerprint density at radius 1 is 1.24 bits per heavy atom. The molecule has 1 saturated carbocycles. The van der Waals surface area contributed by atoms with Gasteiger partial charge in [-0.1, -0.05) is 49.6 Å². The lowest BCUT2D eigenvalue weighted by Gasteiger charge is -2.23. The van der Waals surface area contributed by atoms with Gasteiger partial charge in [0.1, 0.15) is 15.7 Å². The first-order chi connectivity index (χ1) is 10.2. The summed E-state index contributed by atoms with van der Waals surface area (Å²) in [7, 11) is 12.4. The second-order valence-electron chi connectivity index (χ2n) is 5.74. The molecule has 0 bridgehead atoms. The van der Waals surface area contributed by atoms with Gasteiger partial charge in [-0.2, -0.15) is 5.10 Å². The number of benzene rings is 1. The van der Waals surface area contributed by atoms with E-state index in [0.717, 1.165) is 41.2 Å². The Balaban J connectivity index is 2.11. The largest absolute Gasteiger partial charge is 0.263 e. The second-order valence-corrected chi connectivity index (χ2v) is 5.74. The van der Waals surface area contributed by atoms with Gasteiger partial charge in [-0.25, -0.2) is 0 Å². The number of nitrogens with zero attached hydrogens (tertiary/aromatic N) is 2. The lowest BCUT2D eigenvalue weighted by molar-refractivity contribution is 0.338. The van der Waals surface area contributed by atoms with Gasteiger partial charge in [0, 0.05) is 23.0 Å². The van der Waals surface area contributed by atoms with E-state index in [0.29, 0.717) is 11.6 Å². The van der Waals surface area contributed by atoms with Crippen LogP contribution < -0.4 is 11.1 Å². The zero-order valence-corrected chi connectivity index (χ0v) is 12.5. The fourth-order valence-electron chi connectivity index (χ4n) is 3.18. The molecule has 0 N–H and O–H groups in total. The maximum absolute atomic E-state index is 6.27. The summed E-state index contributed by atoms with van der Waals surface area (Å²) in [4.78, 5) is 0. The molecule has 0 atom stereocenters. The highest BCUT2D eigenvalue weighted by Crippen LogP contribution is 2.29. The van der Waals surface area contributed by atoms with Gasteiger partial charge in [0.05, 0.1) is 11.6 Å². The molecule has 4 heteroatoms. The van der Waals surface area contributed by atoms with Crippen molar-refractivity contribution < 1.29 is 0 Å². The molecule has 1 aromatic heterocycles. The predicted octanol–water partition coefficient (Wildman–Crippen LogP) is 1.89. The van der Waals surface area contributed by atoms with Crippen LogP contribution >= 0.6 is 0 Å². The molecule has 1 heterocycles. The first-order valence-electron chi connectivity index (χ1n) is 7.76. The van der Waals surface area contributed by atoms with Gasteiger partial charge in [0.15, 0.2) is 0 Å². The average Bonchev–Trinajstić information content (AvgIpc) is 2.84. The summed E-state index contributed by atoms with van der Waals surface area (Å²) in [6.45, 7) is 2.03. The molecular formula is C17H18B2N2. The van der Waals surface area contributed by atoms with E-state index in [1.165, 1.54) is 19.3 Å². The SMILES string of the molecule is [B]c1nn(C2CCCCC2)c2c([B])cc(C#CCC)cc12. The van der Waals surface area contributed by atoms with Crippen molar-refractivity contribution in [2.75, 3.05) is 0 Å². The van der Waals surface area contributed by atoms with E-state index in [1.807, 2.05) is 19.1 Å². The van der Waals surface area contributed by atoms with Gasteiger partial charge in [-0.05, 0) is 18.9 Å². The van der Waals surface area contributed by atoms with Gasteiger partial charge >= 0.3 is 0 Å². The van der Waals surface area contributed by atoms with Gasteiger partial charge in [-0.15, -0.1) is 0 Å². The highest BCUT2D eigenvalue weighted by molar-refractivity contribution is 6.43. The maximum Gasteiger partial charge on any atom is 0.145 e. The third kappa shape index (κ3) is 2.75. The zero-order chi connectivity index (χ0) is 14.8. The highest BCUT2D eigenvalue weighted by Gasteiger charge is 2.20. The molecule has 0 aliphatic heterocycles. The van der Waals surface area contributed by atoms with Crippen LogP contribution in [0.4, 0.5) is 0 Å². The third-order valence-corrected chi connectivity index (χ3v) is 4.19. The summed E-state index contributed by atoms with van der Waals surface area (Å²) in [6, 6.07) is 4.37. The van der Waals surface area contributed by atoms with Crippen molar-refractivity contribution in [3.8, 4) is 11.8 Å². The van der Waals surface area contributed by atoms with E-state index >= 15 is 0 Å². The smallest absolute Gasteiger partial charge is 0.145 e. The minimum Gasteiger partial charge on any atom is -0.263 e. The summed E-state index contributed by atoms with van der Waals surface area (Å²) in [5, 5.41) is 5.49. The Labute approximate surface area is 129 Å². The van der Waals surface area contributed by atoms with Crippen LogP contribution in [-0.4, -0.2) is 25.5 Å². The standard InChI is InChI=1S/C17H18B2N2/c1-2-3-7-12-10-14-16(15(18)11-12)21(20-17(14)19)13-8-5-4-6-9-13/h10-11,13H,2,4-6,8-9H2,1H3. The quantitative estimate of drug-likeness (QED) is 0.572. The fraction of sp³-hybridized carbons (Fsp3) is 0.471. The van der Waals surface area contributed by atoms with Crippen molar-refractivity contribution in [3.05, 3.63) is 17.7 Å². The maximum atomic E-state index is 6.27. The van der Waals surface area contributed by atoms with Gasteiger partial charge in [0.2, 0.25) is 0 Å². The number of rotatable bonds is 1. The lowest BCUT2D eigenvalue weighted by Crippen LogP contribution is -2.19. The Morgan fingerprint density at radius 2 is 2.00 bits per heavy atom. The molecule has 1 fully saturated rings. The molecule has 0 amide bonds. The molecule has 1 aliphatic rings. The van der Waals surface area contributed by atoms with E-state index in [-0.39, 0.29) is 0 Å². The van der Waals surface area contributed by atoms with Crippen LogP contribution in [0.2, 0.25) is 0 Å². The number of hydrogen-bond acceptors (Lipinski definition) is 1. The Hall–Kier alpha value is -1.62. The highest BCUT2D eigenvalue weighted by atomic mass is 15.3. The summed E-state index contributed by atoms with van der Waals surface area (Å²) < 4.78 is 2.05. The van der Waals surface area contributed by atoms with Crippen molar-refractivity contribution in [2.24, 2.45) is 0 Å². The van der Waals surface area contributed by atoms with Crippen LogP contribution in [0.15, 0.2) is 12.1 Å². The molecule has 1 aliphatic carbocycles. The normalized spacial score (nSPS) is 15.9. The molecule has 1 aromatic carbocycles. The number of aromatic nitrogens is 2. The Morgan fingerprint density at radius 3 is 2.71 bits per heavy atom. The van der Waals surface area contributed by atoms with Crippen molar-refractivity contribution in [2.45, 2.75) is 51.5 Å². The molecule has 0 saturated heterocycles. The molecule has 2 nitrogen and oxygen atoms in total. The average molecular weight is 272 g/mol. The van der Waals surface area contributed by atoms with Crippen LogP contribution in [0.1, 0.15) is 57.1 Å². The molecule has 4 radical (unpaired) electrons. The van der Waals surface area contributed by atoms with Crippen molar-refractivity contribution in [1.29, 1.82) is 0 Å². The van der Waals surface area contributed by atoms with Crippen LogP contribution in [0.5, 0.6) is 0 Å². The monoisotopic (exact) mass is 272 g/mol. The van der Waals surface area contributed by atoms with E-state index in [4.69, 9.17) is 15.7 Å². The van der Waals surface area contributed by atoms with Crippen molar-refractivity contribution >= 4 is 37.7 Å². The Bertz CT molecular complexity index is 716.